The first-order chi connectivity index (χ1) is 13.1. The molecule has 1 aromatic carbocycles. The first kappa shape index (κ1) is 17.2. The lowest BCUT2D eigenvalue weighted by Crippen LogP contribution is -2.11. The summed E-state index contributed by atoms with van der Waals surface area (Å²) in [4.78, 5) is 20.4. The SMILES string of the molecule is Cc1cccc2cc(CCNc3ncnc4nc[nH]c34)nc(OC(C)C)c12. The third kappa shape index (κ3) is 3.53. The van der Waals surface area contributed by atoms with Gasteiger partial charge < -0.3 is 15.0 Å². The summed E-state index contributed by atoms with van der Waals surface area (Å²) in [6.07, 6.45) is 3.95. The van der Waals surface area contributed by atoms with Crippen LogP contribution < -0.4 is 10.1 Å². The molecule has 3 heterocycles. The molecule has 0 spiro atoms. The van der Waals surface area contributed by atoms with Gasteiger partial charge in [-0.05, 0) is 37.8 Å². The van der Waals surface area contributed by atoms with E-state index in [0.29, 0.717) is 18.1 Å². The summed E-state index contributed by atoms with van der Waals surface area (Å²) in [5.41, 5.74) is 3.61. The lowest BCUT2D eigenvalue weighted by molar-refractivity contribution is 0.235. The van der Waals surface area contributed by atoms with Crippen LogP contribution in [-0.2, 0) is 6.42 Å². The highest BCUT2D eigenvalue weighted by Gasteiger charge is 2.12. The van der Waals surface area contributed by atoms with Crippen LogP contribution in [0.1, 0.15) is 25.1 Å². The van der Waals surface area contributed by atoms with Crippen LogP contribution in [0, 0.1) is 6.92 Å². The van der Waals surface area contributed by atoms with Crippen molar-refractivity contribution in [2.24, 2.45) is 0 Å². The molecule has 27 heavy (non-hydrogen) atoms. The van der Waals surface area contributed by atoms with Gasteiger partial charge in [0.05, 0.1) is 12.4 Å². The Hall–Kier alpha value is -3.22. The lowest BCUT2D eigenvalue weighted by Gasteiger charge is -2.15. The Labute approximate surface area is 157 Å². The molecule has 0 aliphatic heterocycles. The average Bonchev–Trinajstić information content (AvgIpc) is 3.11. The zero-order valence-electron chi connectivity index (χ0n) is 15.7. The minimum atomic E-state index is 0.0726. The van der Waals surface area contributed by atoms with Gasteiger partial charge >= 0.3 is 0 Å². The number of aromatic nitrogens is 5. The van der Waals surface area contributed by atoms with E-state index in [2.05, 4.69) is 56.4 Å². The summed E-state index contributed by atoms with van der Waals surface area (Å²) in [5.74, 6) is 1.45. The molecular weight excluding hydrogens is 340 g/mol. The molecule has 138 valence electrons. The zero-order valence-corrected chi connectivity index (χ0v) is 15.7. The third-order valence-corrected chi connectivity index (χ3v) is 4.33. The largest absolute Gasteiger partial charge is 0.474 e. The second-order valence-corrected chi connectivity index (χ2v) is 6.76. The molecule has 7 heteroatoms. The second-order valence-electron chi connectivity index (χ2n) is 6.76. The fraction of sp³-hybridized carbons (Fsp3) is 0.300. The van der Waals surface area contributed by atoms with Gasteiger partial charge in [0, 0.05) is 24.0 Å². The number of aryl methyl sites for hydroxylation is 1. The van der Waals surface area contributed by atoms with Crippen molar-refractivity contribution < 1.29 is 4.74 Å². The van der Waals surface area contributed by atoms with E-state index < -0.39 is 0 Å². The van der Waals surface area contributed by atoms with Crippen LogP contribution in [0.3, 0.4) is 0 Å². The molecule has 0 saturated heterocycles. The van der Waals surface area contributed by atoms with Crippen molar-refractivity contribution in [3.8, 4) is 5.88 Å². The molecule has 7 nitrogen and oxygen atoms in total. The Bertz CT molecular complexity index is 1090. The van der Waals surface area contributed by atoms with Crippen LogP contribution in [0.4, 0.5) is 5.82 Å². The second kappa shape index (κ2) is 7.19. The molecule has 0 aliphatic carbocycles. The number of imidazole rings is 1. The molecule has 0 atom stereocenters. The molecule has 4 aromatic rings. The van der Waals surface area contributed by atoms with Crippen LogP contribution in [0.2, 0.25) is 0 Å². The number of ether oxygens (including phenoxy) is 1. The maximum atomic E-state index is 6.00. The third-order valence-electron chi connectivity index (χ3n) is 4.33. The maximum Gasteiger partial charge on any atom is 0.222 e. The van der Waals surface area contributed by atoms with E-state index in [1.165, 1.54) is 11.9 Å². The van der Waals surface area contributed by atoms with Crippen molar-refractivity contribution in [3.63, 3.8) is 0 Å². The van der Waals surface area contributed by atoms with E-state index >= 15 is 0 Å². The summed E-state index contributed by atoms with van der Waals surface area (Å²) in [6, 6.07) is 8.38. The summed E-state index contributed by atoms with van der Waals surface area (Å²) in [5, 5.41) is 5.57. The van der Waals surface area contributed by atoms with E-state index in [1.807, 2.05) is 13.8 Å². The molecule has 0 fully saturated rings. The molecule has 3 aromatic heterocycles. The molecule has 4 rings (SSSR count). The quantitative estimate of drug-likeness (QED) is 0.544. The van der Waals surface area contributed by atoms with E-state index in [-0.39, 0.29) is 6.10 Å². The predicted octanol–water partition coefficient (Wildman–Crippen LogP) is 3.65. The van der Waals surface area contributed by atoms with E-state index in [1.54, 1.807) is 6.33 Å². The first-order valence-electron chi connectivity index (χ1n) is 9.05. The smallest absolute Gasteiger partial charge is 0.222 e. The molecule has 0 radical (unpaired) electrons. The number of H-pyrrole nitrogens is 1. The van der Waals surface area contributed by atoms with Crippen LogP contribution in [-0.4, -0.2) is 37.6 Å². The molecule has 2 N–H and O–H groups in total. The number of hydrogen-bond acceptors (Lipinski definition) is 6. The van der Waals surface area contributed by atoms with Gasteiger partial charge in [0.15, 0.2) is 11.5 Å². The Balaban J connectivity index is 1.57. The highest BCUT2D eigenvalue weighted by atomic mass is 16.5. The average molecular weight is 362 g/mol. The van der Waals surface area contributed by atoms with Gasteiger partial charge in [-0.3, -0.25) is 0 Å². The number of nitrogens with one attached hydrogen (secondary N) is 2. The van der Waals surface area contributed by atoms with Crippen molar-refractivity contribution >= 4 is 27.8 Å². The molecule has 0 saturated carbocycles. The first-order valence-corrected chi connectivity index (χ1v) is 9.05. The van der Waals surface area contributed by atoms with Gasteiger partial charge in [-0.2, -0.15) is 0 Å². The number of aromatic amines is 1. The van der Waals surface area contributed by atoms with Crippen molar-refractivity contribution in [2.45, 2.75) is 33.3 Å². The minimum absolute atomic E-state index is 0.0726. The number of benzene rings is 1. The van der Waals surface area contributed by atoms with Gasteiger partial charge in [0.25, 0.3) is 0 Å². The van der Waals surface area contributed by atoms with Crippen LogP contribution in [0.25, 0.3) is 21.9 Å². The number of hydrogen-bond donors (Lipinski definition) is 2. The topological polar surface area (TPSA) is 88.6 Å². The molecule has 0 aliphatic rings. The number of pyridine rings is 1. The van der Waals surface area contributed by atoms with E-state index in [9.17, 15) is 0 Å². The summed E-state index contributed by atoms with van der Waals surface area (Å²) >= 11 is 0. The van der Waals surface area contributed by atoms with Crippen molar-refractivity contribution in [1.29, 1.82) is 0 Å². The predicted molar refractivity (Wildman–Crippen MR) is 106 cm³/mol. The van der Waals surface area contributed by atoms with Crippen molar-refractivity contribution in [3.05, 3.63) is 48.2 Å². The van der Waals surface area contributed by atoms with Crippen LogP contribution in [0.5, 0.6) is 5.88 Å². The highest BCUT2D eigenvalue weighted by molar-refractivity contribution is 5.90. The summed E-state index contributed by atoms with van der Waals surface area (Å²) < 4.78 is 6.00. The van der Waals surface area contributed by atoms with Gasteiger partial charge in [0.2, 0.25) is 5.88 Å². The number of anilines is 1. The fourth-order valence-electron chi connectivity index (χ4n) is 3.15. The van der Waals surface area contributed by atoms with Crippen molar-refractivity contribution in [1.82, 2.24) is 24.9 Å². The van der Waals surface area contributed by atoms with E-state index in [4.69, 9.17) is 9.72 Å². The van der Waals surface area contributed by atoms with Gasteiger partial charge in [-0.15, -0.1) is 0 Å². The standard InChI is InChI=1S/C20H22N6O/c1-12(2)27-20-16-13(3)5-4-6-14(16)9-15(26-20)7-8-21-18-17-19(23-10-22-17)25-11-24-18/h4-6,9-12H,7-8H2,1-3H3,(H2,21,22,23,24,25). The Kier molecular flexibility index (Phi) is 4.58. The molecule has 0 amide bonds. The van der Waals surface area contributed by atoms with Gasteiger partial charge in [-0.1, -0.05) is 18.2 Å². The van der Waals surface area contributed by atoms with Crippen molar-refractivity contribution in [2.75, 3.05) is 11.9 Å². The Morgan fingerprint density at radius 2 is 2.07 bits per heavy atom. The van der Waals surface area contributed by atoms with Crippen LogP contribution in [0.15, 0.2) is 36.9 Å². The number of rotatable bonds is 6. The Morgan fingerprint density at radius 3 is 2.93 bits per heavy atom. The normalized spacial score (nSPS) is 11.4. The minimum Gasteiger partial charge on any atom is -0.474 e. The molecule has 0 bridgehead atoms. The van der Waals surface area contributed by atoms with E-state index in [0.717, 1.165) is 34.2 Å². The summed E-state index contributed by atoms with van der Waals surface area (Å²) in [7, 11) is 0. The Morgan fingerprint density at radius 1 is 1.19 bits per heavy atom. The van der Waals surface area contributed by atoms with Gasteiger partial charge in [0.1, 0.15) is 11.8 Å². The fourth-order valence-corrected chi connectivity index (χ4v) is 3.15. The maximum absolute atomic E-state index is 6.00. The summed E-state index contributed by atoms with van der Waals surface area (Å²) in [6.45, 7) is 6.81. The number of nitrogens with zero attached hydrogens (tertiary/aromatic N) is 4. The highest BCUT2D eigenvalue weighted by Crippen LogP contribution is 2.29. The molecule has 0 unspecified atom stereocenters. The lowest BCUT2D eigenvalue weighted by atomic mass is 10.1. The number of fused-ring (bicyclic) bond motifs is 2. The monoisotopic (exact) mass is 362 g/mol. The van der Waals surface area contributed by atoms with Crippen LogP contribution >= 0.6 is 0 Å². The van der Waals surface area contributed by atoms with Gasteiger partial charge in [-0.25, -0.2) is 19.9 Å². The molecular formula is C20H22N6O. The zero-order chi connectivity index (χ0) is 18.8.